The first-order chi connectivity index (χ1) is 7.68. The summed E-state index contributed by atoms with van der Waals surface area (Å²) in [7, 11) is -0.715. The van der Waals surface area contributed by atoms with Crippen LogP contribution in [0.4, 0.5) is 0 Å². The predicted molar refractivity (Wildman–Crippen MR) is 73.3 cm³/mol. The third-order valence-electron chi connectivity index (χ3n) is 2.12. The lowest BCUT2D eigenvalue weighted by Gasteiger charge is -2.05. The van der Waals surface area contributed by atoms with Crippen molar-refractivity contribution in [2.75, 3.05) is 17.3 Å². The molecule has 0 fully saturated rings. The summed E-state index contributed by atoms with van der Waals surface area (Å²) in [6.45, 7) is 1.95. The van der Waals surface area contributed by atoms with Crippen LogP contribution in [0.15, 0.2) is 35.2 Å². The van der Waals surface area contributed by atoms with Crippen LogP contribution in [0.25, 0.3) is 0 Å². The maximum absolute atomic E-state index is 11.6. The van der Waals surface area contributed by atoms with Gasteiger partial charge in [0.25, 0.3) is 0 Å². The summed E-state index contributed by atoms with van der Waals surface area (Å²) < 4.78 is 11.6. The fourth-order valence-corrected chi connectivity index (χ4v) is 3.69. The molecule has 0 radical (unpaired) electrons. The van der Waals surface area contributed by atoms with Gasteiger partial charge in [-0.1, -0.05) is 18.2 Å². The average molecular weight is 257 g/mol. The Labute approximate surface area is 104 Å². The van der Waals surface area contributed by atoms with Gasteiger partial charge in [-0.25, -0.2) is 0 Å². The van der Waals surface area contributed by atoms with E-state index in [2.05, 4.69) is 12.1 Å². The van der Waals surface area contributed by atoms with Gasteiger partial charge in [0.1, 0.15) is 0 Å². The number of thioether (sulfide) groups is 1. The standard InChI is InChI=1S/C12H19NOS2/c1-11(13)7-9-16(14)10-8-15-12-5-3-2-4-6-12/h2-6,11H,7-10,13H2,1H3. The molecule has 0 saturated heterocycles. The highest BCUT2D eigenvalue weighted by Gasteiger charge is 2.02. The molecular formula is C12H19NOS2. The Morgan fingerprint density at radius 1 is 1.31 bits per heavy atom. The van der Waals surface area contributed by atoms with E-state index in [1.54, 1.807) is 11.8 Å². The zero-order chi connectivity index (χ0) is 11.8. The minimum atomic E-state index is -0.715. The summed E-state index contributed by atoms with van der Waals surface area (Å²) in [6, 6.07) is 10.4. The molecule has 90 valence electrons. The zero-order valence-electron chi connectivity index (χ0n) is 9.59. The Morgan fingerprint density at radius 2 is 2.00 bits per heavy atom. The van der Waals surface area contributed by atoms with Crippen LogP contribution in [0.1, 0.15) is 13.3 Å². The molecule has 2 N–H and O–H groups in total. The highest BCUT2D eigenvalue weighted by Crippen LogP contribution is 2.16. The topological polar surface area (TPSA) is 43.1 Å². The fraction of sp³-hybridized carbons (Fsp3) is 0.500. The van der Waals surface area contributed by atoms with Crippen LogP contribution < -0.4 is 5.73 Å². The Hall–Kier alpha value is -0.320. The minimum absolute atomic E-state index is 0.158. The van der Waals surface area contributed by atoms with E-state index in [4.69, 9.17) is 5.73 Å². The summed E-state index contributed by atoms with van der Waals surface area (Å²) in [6.07, 6.45) is 0.850. The Balaban J connectivity index is 2.13. The maximum Gasteiger partial charge on any atom is 0.0329 e. The van der Waals surface area contributed by atoms with E-state index in [-0.39, 0.29) is 6.04 Å². The predicted octanol–water partition coefficient (Wildman–Crippen LogP) is 2.26. The van der Waals surface area contributed by atoms with Gasteiger partial charge in [0, 0.05) is 39.0 Å². The molecule has 1 aromatic carbocycles. The number of hydrogen-bond donors (Lipinski definition) is 1. The van der Waals surface area contributed by atoms with E-state index >= 15 is 0 Å². The van der Waals surface area contributed by atoms with E-state index in [9.17, 15) is 4.21 Å². The zero-order valence-corrected chi connectivity index (χ0v) is 11.2. The van der Waals surface area contributed by atoms with Crippen molar-refractivity contribution in [2.45, 2.75) is 24.3 Å². The van der Waals surface area contributed by atoms with Gasteiger partial charge < -0.3 is 5.73 Å². The molecule has 0 spiro atoms. The summed E-state index contributed by atoms with van der Waals surface area (Å²) in [4.78, 5) is 1.24. The highest BCUT2D eigenvalue weighted by molar-refractivity contribution is 8.00. The quantitative estimate of drug-likeness (QED) is 0.762. The Morgan fingerprint density at radius 3 is 2.62 bits per heavy atom. The molecule has 2 unspecified atom stereocenters. The van der Waals surface area contributed by atoms with Crippen LogP contribution in [0.5, 0.6) is 0 Å². The van der Waals surface area contributed by atoms with Crippen LogP contribution in [0.2, 0.25) is 0 Å². The first kappa shape index (κ1) is 13.7. The molecule has 0 bridgehead atoms. The average Bonchev–Trinajstić information content (AvgIpc) is 2.28. The SMILES string of the molecule is CC(N)CCS(=O)CCSc1ccccc1. The van der Waals surface area contributed by atoms with Gasteiger partial charge in [-0.2, -0.15) is 0 Å². The molecule has 2 nitrogen and oxygen atoms in total. The van der Waals surface area contributed by atoms with E-state index in [1.165, 1.54) is 4.90 Å². The molecule has 1 rings (SSSR count). The molecule has 4 heteroatoms. The van der Waals surface area contributed by atoms with Crippen molar-refractivity contribution in [3.8, 4) is 0 Å². The number of rotatable bonds is 7. The normalized spacial score (nSPS) is 14.6. The van der Waals surface area contributed by atoms with Gasteiger partial charge in [-0.15, -0.1) is 11.8 Å². The Bertz CT molecular complexity index is 314. The number of benzene rings is 1. The lowest BCUT2D eigenvalue weighted by Crippen LogP contribution is -2.19. The van der Waals surface area contributed by atoms with E-state index in [0.29, 0.717) is 0 Å². The van der Waals surface area contributed by atoms with Crippen LogP contribution in [-0.2, 0) is 10.8 Å². The third-order valence-corrected chi connectivity index (χ3v) is 4.75. The van der Waals surface area contributed by atoms with Gasteiger partial charge in [0.15, 0.2) is 0 Å². The van der Waals surface area contributed by atoms with Crippen molar-refractivity contribution in [1.29, 1.82) is 0 Å². The van der Waals surface area contributed by atoms with E-state index in [0.717, 1.165) is 23.7 Å². The second-order valence-corrected chi connectivity index (χ2v) is 6.64. The molecule has 0 amide bonds. The van der Waals surface area contributed by atoms with Crippen molar-refractivity contribution in [3.63, 3.8) is 0 Å². The van der Waals surface area contributed by atoms with Crippen LogP contribution >= 0.6 is 11.8 Å². The van der Waals surface area contributed by atoms with Gasteiger partial charge in [-0.3, -0.25) is 4.21 Å². The maximum atomic E-state index is 11.6. The second-order valence-electron chi connectivity index (χ2n) is 3.78. The lowest BCUT2D eigenvalue weighted by molar-refractivity contribution is 0.669. The lowest BCUT2D eigenvalue weighted by atomic mass is 10.3. The van der Waals surface area contributed by atoms with Crippen LogP contribution in [0, 0.1) is 0 Å². The molecule has 0 heterocycles. The van der Waals surface area contributed by atoms with E-state index in [1.807, 2.05) is 25.1 Å². The summed E-state index contributed by atoms with van der Waals surface area (Å²) >= 11 is 1.76. The summed E-state index contributed by atoms with van der Waals surface area (Å²) in [5.41, 5.74) is 5.62. The van der Waals surface area contributed by atoms with Crippen molar-refractivity contribution in [3.05, 3.63) is 30.3 Å². The van der Waals surface area contributed by atoms with Gasteiger partial charge >= 0.3 is 0 Å². The molecule has 0 aliphatic rings. The molecule has 0 saturated carbocycles. The van der Waals surface area contributed by atoms with Crippen molar-refractivity contribution in [1.82, 2.24) is 0 Å². The monoisotopic (exact) mass is 257 g/mol. The summed E-state index contributed by atoms with van der Waals surface area (Å²) in [5, 5.41) is 0. The molecule has 0 aliphatic carbocycles. The third kappa shape index (κ3) is 6.30. The Kier molecular flexibility index (Phi) is 6.76. The molecule has 0 aliphatic heterocycles. The number of hydrogen-bond acceptors (Lipinski definition) is 3. The largest absolute Gasteiger partial charge is 0.328 e. The minimum Gasteiger partial charge on any atom is -0.328 e. The van der Waals surface area contributed by atoms with Crippen LogP contribution in [0.3, 0.4) is 0 Å². The van der Waals surface area contributed by atoms with Gasteiger partial charge in [-0.05, 0) is 25.5 Å². The molecule has 16 heavy (non-hydrogen) atoms. The van der Waals surface area contributed by atoms with Gasteiger partial charge in [0.05, 0.1) is 0 Å². The van der Waals surface area contributed by atoms with Crippen molar-refractivity contribution >= 4 is 22.6 Å². The van der Waals surface area contributed by atoms with Crippen molar-refractivity contribution in [2.24, 2.45) is 5.73 Å². The first-order valence-electron chi connectivity index (χ1n) is 5.47. The smallest absolute Gasteiger partial charge is 0.0329 e. The van der Waals surface area contributed by atoms with E-state index < -0.39 is 10.8 Å². The highest BCUT2D eigenvalue weighted by atomic mass is 32.2. The van der Waals surface area contributed by atoms with Crippen molar-refractivity contribution < 1.29 is 4.21 Å². The fourth-order valence-electron chi connectivity index (χ4n) is 1.19. The molecule has 2 atom stereocenters. The second kappa shape index (κ2) is 7.87. The molecule has 1 aromatic rings. The first-order valence-corrected chi connectivity index (χ1v) is 7.94. The molecular weight excluding hydrogens is 238 g/mol. The summed E-state index contributed by atoms with van der Waals surface area (Å²) in [5.74, 6) is 2.40. The van der Waals surface area contributed by atoms with Gasteiger partial charge in [0.2, 0.25) is 0 Å². The van der Waals surface area contributed by atoms with Crippen LogP contribution in [-0.4, -0.2) is 27.5 Å². The number of nitrogens with two attached hydrogens (primary N) is 1. The molecule has 0 aromatic heterocycles.